The van der Waals surface area contributed by atoms with Crippen LogP contribution in [-0.2, 0) is 14.3 Å². The van der Waals surface area contributed by atoms with E-state index in [1.54, 1.807) is 11.9 Å². The van der Waals surface area contributed by atoms with Crippen LogP contribution in [-0.4, -0.2) is 43.2 Å². The van der Waals surface area contributed by atoms with Crippen molar-refractivity contribution in [2.75, 3.05) is 30.5 Å². The van der Waals surface area contributed by atoms with E-state index >= 15 is 0 Å². The van der Waals surface area contributed by atoms with Crippen molar-refractivity contribution in [3.8, 4) is 17.0 Å². The highest BCUT2D eigenvalue weighted by Crippen LogP contribution is 2.36. The Morgan fingerprint density at radius 3 is 3.12 bits per heavy atom. The number of aromatic nitrogens is 1. The third-order valence-corrected chi connectivity index (χ3v) is 5.06. The molecular weight excluding hydrogens is 342 g/mol. The fourth-order valence-electron chi connectivity index (χ4n) is 2.87. The van der Waals surface area contributed by atoms with Crippen LogP contribution in [0, 0.1) is 0 Å². The minimum atomic E-state index is -0.382. The molecule has 2 aliphatic rings. The first-order chi connectivity index (χ1) is 12.1. The summed E-state index contributed by atoms with van der Waals surface area (Å²) in [7, 11) is 1.72. The first-order valence-corrected chi connectivity index (χ1v) is 8.91. The number of nitrogens with zero attached hydrogens (tertiary/aromatic N) is 2. The van der Waals surface area contributed by atoms with Gasteiger partial charge < -0.3 is 14.4 Å². The van der Waals surface area contributed by atoms with Crippen LogP contribution >= 0.6 is 11.3 Å². The monoisotopic (exact) mass is 359 g/mol. The molecule has 0 bridgehead atoms. The van der Waals surface area contributed by atoms with Gasteiger partial charge in [0.05, 0.1) is 11.4 Å². The number of likely N-dealkylation sites (N-methyl/N-ethyl adjacent to an activating group) is 1. The van der Waals surface area contributed by atoms with Crippen molar-refractivity contribution in [3.05, 3.63) is 23.6 Å². The molecule has 1 atom stereocenters. The normalized spacial score (nSPS) is 19.5. The van der Waals surface area contributed by atoms with E-state index in [2.05, 4.69) is 10.3 Å². The van der Waals surface area contributed by atoms with E-state index in [0.29, 0.717) is 23.2 Å². The fourth-order valence-corrected chi connectivity index (χ4v) is 3.59. The first kappa shape index (κ1) is 16.0. The Kier molecular flexibility index (Phi) is 4.14. The smallest absolute Gasteiger partial charge is 0.264 e. The second-order valence-corrected chi connectivity index (χ2v) is 6.81. The Balaban J connectivity index is 1.54. The summed E-state index contributed by atoms with van der Waals surface area (Å²) in [4.78, 5) is 29.9. The molecule has 0 aliphatic carbocycles. The van der Waals surface area contributed by atoms with Gasteiger partial charge in [0, 0.05) is 24.6 Å². The molecular formula is C17H17N3O4S. The van der Waals surface area contributed by atoms with Crippen molar-refractivity contribution in [3.63, 3.8) is 0 Å². The van der Waals surface area contributed by atoms with Gasteiger partial charge in [-0.15, -0.1) is 11.3 Å². The van der Waals surface area contributed by atoms with Crippen molar-refractivity contribution in [1.82, 2.24) is 4.98 Å². The molecule has 2 aromatic rings. The van der Waals surface area contributed by atoms with Gasteiger partial charge in [0.15, 0.2) is 11.7 Å². The van der Waals surface area contributed by atoms with Gasteiger partial charge in [-0.05, 0) is 31.0 Å². The zero-order valence-corrected chi connectivity index (χ0v) is 14.5. The zero-order chi connectivity index (χ0) is 17.4. The van der Waals surface area contributed by atoms with Crippen LogP contribution < -0.4 is 15.0 Å². The van der Waals surface area contributed by atoms with Gasteiger partial charge in [-0.1, -0.05) is 0 Å². The molecule has 0 saturated carbocycles. The first-order valence-electron chi connectivity index (χ1n) is 8.03. The summed E-state index contributed by atoms with van der Waals surface area (Å²) in [5.74, 6) is 0.433. The highest BCUT2D eigenvalue weighted by molar-refractivity contribution is 7.14. The number of benzene rings is 1. The standard InChI is InChI=1S/C17H17N3O4S/c1-20-12-7-10(4-5-13(12)24-8-15(20)21)11-9-25-17(18-11)19-16(22)14-3-2-6-23-14/h4-5,7,9,14H,2-3,6,8H2,1H3,(H,18,19,22). The van der Waals surface area contributed by atoms with Gasteiger partial charge in [0.1, 0.15) is 11.9 Å². The van der Waals surface area contributed by atoms with E-state index in [1.807, 2.05) is 23.6 Å². The number of anilines is 2. The van der Waals surface area contributed by atoms with Gasteiger partial charge in [-0.3, -0.25) is 14.9 Å². The number of fused-ring (bicyclic) bond motifs is 1. The van der Waals surface area contributed by atoms with Gasteiger partial charge in [0.25, 0.3) is 11.8 Å². The molecule has 1 N–H and O–H groups in total. The van der Waals surface area contributed by atoms with Crippen LogP contribution in [0.2, 0.25) is 0 Å². The minimum Gasteiger partial charge on any atom is -0.482 e. The van der Waals surface area contributed by atoms with Crippen LogP contribution in [0.4, 0.5) is 10.8 Å². The Bertz CT molecular complexity index is 829. The quantitative estimate of drug-likeness (QED) is 0.909. The van der Waals surface area contributed by atoms with E-state index in [-0.39, 0.29) is 24.5 Å². The molecule has 0 spiro atoms. The number of thiazole rings is 1. The summed E-state index contributed by atoms with van der Waals surface area (Å²) >= 11 is 1.36. The molecule has 130 valence electrons. The Morgan fingerprint density at radius 2 is 2.32 bits per heavy atom. The number of hydrogen-bond acceptors (Lipinski definition) is 6. The summed E-state index contributed by atoms with van der Waals surface area (Å²) in [6.45, 7) is 0.684. The Morgan fingerprint density at radius 1 is 1.44 bits per heavy atom. The molecule has 4 rings (SSSR count). The summed E-state index contributed by atoms with van der Waals surface area (Å²) < 4.78 is 10.8. The molecule has 1 fully saturated rings. The number of amides is 2. The average Bonchev–Trinajstić information content (AvgIpc) is 3.30. The lowest BCUT2D eigenvalue weighted by atomic mass is 10.1. The number of carbonyl (C=O) groups excluding carboxylic acids is 2. The average molecular weight is 359 g/mol. The molecule has 2 aliphatic heterocycles. The minimum absolute atomic E-state index is 0.0545. The number of ether oxygens (including phenoxy) is 2. The van der Waals surface area contributed by atoms with Crippen LogP contribution in [0.1, 0.15) is 12.8 Å². The topological polar surface area (TPSA) is 80.8 Å². The highest BCUT2D eigenvalue weighted by Gasteiger charge is 2.25. The molecule has 2 amide bonds. The SMILES string of the molecule is CN1C(=O)COc2ccc(-c3csc(NC(=O)C4CCCO4)n3)cc21. The molecule has 25 heavy (non-hydrogen) atoms. The number of nitrogens with one attached hydrogen (secondary N) is 1. The number of hydrogen-bond donors (Lipinski definition) is 1. The lowest BCUT2D eigenvalue weighted by molar-refractivity contribution is -0.124. The number of carbonyl (C=O) groups is 2. The lowest BCUT2D eigenvalue weighted by Crippen LogP contribution is -2.35. The maximum absolute atomic E-state index is 12.1. The molecule has 0 radical (unpaired) electrons. The van der Waals surface area contributed by atoms with E-state index < -0.39 is 0 Å². The van der Waals surface area contributed by atoms with E-state index in [9.17, 15) is 9.59 Å². The molecule has 8 heteroatoms. The van der Waals surface area contributed by atoms with Crippen molar-refractivity contribution < 1.29 is 19.1 Å². The summed E-state index contributed by atoms with van der Waals surface area (Å²) in [6, 6.07) is 5.59. The van der Waals surface area contributed by atoms with Gasteiger partial charge >= 0.3 is 0 Å². The molecule has 1 aromatic heterocycles. The van der Waals surface area contributed by atoms with Crippen LogP contribution in [0.15, 0.2) is 23.6 Å². The van der Waals surface area contributed by atoms with Gasteiger partial charge in [-0.2, -0.15) is 0 Å². The maximum Gasteiger partial charge on any atom is 0.264 e. The zero-order valence-electron chi connectivity index (χ0n) is 13.7. The van der Waals surface area contributed by atoms with E-state index in [0.717, 1.165) is 24.1 Å². The van der Waals surface area contributed by atoms with Crippen molar-refractivity contribution >= 4 is 34.0 Å². The van der Waals surface area contributed by atoms with E-state index in [4.69, 9.17) is 9.47 Å². The largest absolute Gasteiger partial charge is 0.482 e. The molecule has 1 saturated heterocycles. The summed E-state index contributed by atoms with van der Waals surface area (Å²) in [5, 5.41) is 5.22. The van der Waals surface area contributed by atoms with Gasteiger partial charge in [-0.25, -0.2) is 4.98 Å². The Hall–Kier alpha value is -2.45. The predicted molar refractivity (Wildman–Crippen MR) is 94.1 cm³/mol. The van der Waals surface area contributed by atoms with Gasteiger partial charge in [0.2, 0.25) is 0 Å². The van der Waals surface area contributed by atoms with Crippen LogP contribution in [0.5, 0.6) is 5.75 Å². The van der Waals surface area contributed by atoms with Crippen molar-refractivity contribution in [2.24, 2.45) is 0 Å². The highest BCUT2D eigenvalue weighted by atomic mass is 32.1. The summed E-state index contributed by atoms with van der Waals surface area (Å²) in [6.07, 6.45) is 1.27. The lowest BCUT2D eigenvalue weighted by Gasteiger charge is -2.26. The number of rotatable bonds is 3. The molecule has 3 heterocycles. The van der Waals surface area contributed by atoms with E-state index in [1.165, 1.54) is 11.3 Å². The third-order valence-electron chi connectivity index (χ3n) is 4.30. The predicted octanol–water partition coefficient (Wildman–Crippen LogP) is 2.28. The second kappa shape index (κ2) is 6.45. The van der Waals surface area contributed by atoms with Crippen molar-refractivity contribution in [1.29, 1.82) is 0 Å². The maximum atomic E-state index is 12.1. The van der Waals surface area contributed by atoms with Crippen molar-refractivity contribution in [2.45, 2.75) is 18.9 Å². The molecule has 1 unspecified atom stereocenters. The summed E-state index contributed by atoms with van der Waals surface area (Å²) in [5.41, 5.74) is 2.31. The fraction of sp³-hybridized carbons (Fsp3) is 0.353. The third kappa shape index (κ3) is 3.10. The Labute approximate surface area is 148 Å². The second-order valence-electron chi connectivity index (χ2n) is 5.95. The molecule has 1 aromatic carbocycles. The van der Waals surface area contributed by atoms with Crippen LogP contribution in [0.25, 0.3) is 11.3 Å². The van der Waals surface area contributed by atoms with Crippen LogP contribution in [0.3, 0.4) is 0 Å². The molecule has 7 nitrogen and oxygen atoms in total.